The lowest BCUT2D eigenvalue weighted by Gasteiger charge is -2.58. The Balaban J connectivity index is 1.98. The zero-order chi connectivity index (χ0) is 18.2. The molecule has 2 fully saturated rings. The van der Waals surface area contributed by atoms with Crippen LogP contribution >= 0.6 is 0 Å². The molecular weight excluding hydrogens is 323 g/mol. The van der Waals surface area contributed by atoms with E-state index in [2.05, 4.69) is 0 Å². The molecule has 1 saturated carbocycles. The molecule has 1 saturated heterocycles. The highest BCUT2D eigenvalue weighted by atomic mass is 19.4. The number of nitrogens with zero attached hydrogens (tertiary/aromatic N) is 2. The number of amides is 1. The summed E-state index contributed by atoms with van der Waals surface area (Å²) in [5, 5.41) is 0. The van der Waals surface area contributed by atoms with E-state index in [1.807, 2.05) is 20.8 Å². The standard InChI is InChI=1S/C16H28F3N3O2/c1-4-24-12-10-15(20,14(12,2)3)13(23)22-7-5-6-21(8-9-22)11-16(17,18)19/h12H,4-11,20H2,1-3H3. The van der Waals surface area contributed by atoms with E-state index < -0.39 is 23.7 Å². The molecule has 1 aliphatic heterocycles. The summed E-state index contributed by atoms with van der Waals surface area (Å²) in [6, 6.07) is 0. The van der Waals surface area contributed by atoms with Crippen LogP contribution in [-0.2, 0) is 9.53 Å². The van der Waals surface area contributed by atoms with Crippen LogP contribution in [0, 0.1) is 5.41 Å². The molecule has 0 aromatic rings. The topological polar surface area (TPSA) is 58.8 Å². The van der Waals surface area contributed by atoms with Gasteiger partial charge in [0.1, 0.15) is 5.54 Å². The Hall–Kier alpha value is -0.860. The molecule has 8 heteroatoms. The number of hydrogen-bond donors (Lipinski definition) is 1. The van der Waals surface area contributed by atoms with Gasteiger partial charge < -0.3 is 15.4 Å². The molecule has 2 rings (SSSR count). The van der Waals surface area contributed by atoms with E-state index in [0.717, 1.165) is 0 Å². The van der Waals surface area contributed by atoms with Gasteiger partial charge in [0, 0.05) is 44.6 Å². The van der Waals surface area contributed by atoms with E-state index in [1.165, 1.54) is 4.90 Å². The first kappa shape index (κ1) is 19.5. The Labute approximate surface area is 141 Å². The lowest BCUT2D eigenvalue weighted by Crippen LogP contribution is -2.76. The van der Waals surface area contributed by atoms with Crippen molar-refractivity contribution in [1.29, 1.82) is 0 Å². The SMILES string of the molecule is CCOC1CC(N)(C(=O)N2CCCN(CC(F)(F)F)CC2)C1(C)C. The summed E-state index contributed by atoms with van der Waals surface area (Å²) in [6.45, 7) is 6.66. The molecule has 0 bridgehead atoms. The van der Waals surface area contributed by atoms with Crippen LogP contribution < -0.4 is 5.73 Å². The third kappa shape index (κ3) is 3.70. The second kappa shape index (κ2) is 6.80. The number of halogens is 3. The normalized spacial score (nSPS) is 31.5. The van der Waals surface area contributed by atoms with Crippen molar-refractivity contribution >= 4 is 5.91 Å². The lowest BCUT2D eigenvalue weighted by molar-refractivity contribution is -0.179. The highest BCUT2D eigenvalue weighted by molar-refractivity contribution is 5.89. The van der Waals surface area contributed by atoms with Crippen LogP contribution in [0.4, 0.5) is 13.2 Å². The molecule has 24 heavy (non-hydrogen) atoms. The van der Waals surface area contributed by atoms with Crippen LogP contribution in [0.15, 0.2) is 0 Å². The van der Waals surface area contributed by atoms with Crippen molar-refractivity contribution < 1.29 is 22.7 Å². The van der Waals surface area contributed by atoms with Crippen LogP contribution in [0.1, 0.15) is 33.6 Å². The number of carbonyl (C=O) groups is 1. The van der Waals surface area contributed by atoms with Gasteiger partial charge in [0.05, 0.1) is 12.6 Å². The highest BCUT2D eigenvalue weighted by Crippen LogP contribution is 2.50. The number of nitrogens with two attached hydrogens (primary N) is 1. The summed E-state index contributed by atoms with van der Waals surface area (Å²) in [5.41, 5.74) is 4.90. The summed E-state index contributed by atoms with van der Waals surface area (Å²) in [4.78, 5) is 15.9. The van der Waals surface area contributed by atoms with Gasteiger partial charge in [-0.05, 0) is 13.3 Å². The number of alkyl halides is 3. The number of hydrogen-bond acceptors (Lipinski definition) is 4. The van der Waals surface area contributed by atoms with Gasteiger partial charge in [-0.15, -0.1) is 0 Å². The fourth-order valence-corrected chi connectivity index (χ4v) is 3.67. The number of ether oxygens (including phenoxy) is 1. The molecule has 2 unspecified atom stereocenters. The van der Waals surface area contributed by atoms with Crippen molar-refractivity contribution in [3.05, 3.63) is 0 Å². The van der Waals surface area contributed by atoms with Gasteiger partial charge in [-0.25, -0.2) is 0 Å². The minimum atomic E-state index is -4.21. The van der Waals surface area contributed by atoms with Crippen molar-refractivity contribution in [2.45, 2.75) is 51.4 Å². The Kier molecular flexibility index (Phi) is 5.52. The van der Waals surface area contributed by atoms with Crippen molar-refractivity contribution in [3.8, 4) is 0 Å². The van der Waals surface area contributed by atoms with Crippen LogP contribution in [0.5, 0.6) is 0 Å². The average molecular weight is 351 g/mol. The smallest absolute Gasteiger partial charge is 0.378 e. The maximum Gasteiger partial charge on any atom is 0.401 e. The van der Waals surface area contributed by atoms with E-state index in [9.17, 15) is 18.0 Å². The second-order valence-corrected chi connectivity index (χ2v) is 7.38. The van der Waals surface area contributed by atoms with Crippen LogP contribution in [0.2, 0.25) is 0 Å². The Morgan fingerprint density at radius 3 is 2.46 bits per heavy atom. The summed E-state index contributed by atoms with van der Waals surface area (Å²) in [5.74, 6) is -0.169. The predicted molar refractivity (Wildman–Crippen MR) is 84.4 cm³/mol. The molecule has 140 valence electrons. The van der Waals surface area contributed by atoms with Gasteiger partial charge in [0.25, 0.3) is 0 Å². The molecule has 0 aromatic heterocycles. The lowest BCUT2D eigenvalue weighted by atomic mass is 9.54. The Morgan fingerprint density at radius 2 is 1.92 bits per heavy atom. The molecule has 5 nitrogen and oxygen atoms in total. The fraction of sp³-hybridized carbons (Fsp3) is 0.938. The van der Waals surface area contributed by atoms with Crippen molar-refractivity contribution in [2.75, 3.05) is 39.3 Å². The first-order valence-electron chi connectivity index (χ1n) is 8.50. The summed E-state index contributed by atoms with van der Waals surface area (Å²) in [6.07, 6.45) is -3.30. The molecule has 1 heterocycles. The number of carbonyl (C=O) groups excluding carboxylic acids is 1. The molecular formula is C16H28F3N3O2. The van der Waals surface area contributed by atoms with E-state index in [4.69, 9.17) is 10.5 Å². The van der Waals surface area contributed by atoms with Crippen LogP contribution in [-0.4, -0.2) is 72.9 Å². The van der Waals surface area contributed by atoms with E-state index in [0.29, 0.717) is 32.5 Å². The summed E-state index contributed by atoms with van der Waals surface area (Å²) in [7, 11) is 0. The monoisotopic (exact) mass is 351 g/mol. The third-order valence-corrected chi connectivity index (χ3v) is 5.49. The van der Waals surface area contributed by atoms with Gasteiger partial charge in [-0.1, -0.05) is 13.8 Å². The highest BCUT2D eigenvalue weighted by Gasteiger charge is 2.63. The maximum absolute atomic E-state index is 12.9. The van der Waals surface area contributed by atoms with Crippen LogP contribution in [0.3, 0.4) is 0 Å². The van der Waals surface area contributed by atoms with Gasteiger partial charge in [0.15, 0.2) is 0 Å². The van der Waals surface area contributed by atoms with Crippen molar-refractivity contribution in [3.63, 3.8) is 0 Å². The Morgan fingerprint density at radius 1 is 1.25 bits per heavy atom. The van der Waals surface area contributed by atoms with Crippen molar-refractivity contribution in [1.82, 2.24) is 9.80 Å². The fourth-order valence-electron chi connectivity index (χ4n) is 3.67. The zero-order valence-corrected chi connectivity index (χ0v) is 14.7. The molecule has 2 aliphatic rings. The van der Waals surface area contributed by atoms with Gasteiger partial charge in [-0.3, -0.25) is 9.69 Å². The molecule has 0 aromatic carbocycles. The Bertz CT molecular complexity index is 470. The zero-order valence-electron chi connectivity index (χ0n) is 14.7. The van der Waals surface area contributed by atoms with E-state index >= 15 is 0 Å². The molecule has 0 radical (unpaired) electrons. The van der Waals surface area contributed by atoms with E-state index in [1.54, 1.807) is 4.90 Å². The molecule has 0 spiro atoms. The predicted octanol–water partition coefficient (Wildman–Crippen LogP) is 1.62. The summed E-state index contributed by atoms with van der Waals surface area (Å²) >= 11 is 0. The molecule has 1 aliphatic carbocycles. The minimum Gasteiger partial charge on any atom is -0.378 e. The maximum atomic E-state index is 12.9. The minimum absolute atomic E-state index is 0.0647. The quantitative estimate of drug-likeness (QED) is 0.836. The van der Waals surface area contributed by atoms with Crippen LogP contribution in [0.25, 0.3) is 0 Å². The first-order chi connectivity index (χ1) is 11.0. The third-order valence-electron chi connectivity index (χ3n) is 5.49. The van der Waals surface area contributed by atoms with Crippen molar-refractivity contribution in [2.24, 2.45) is 11.1 Å². The first-order valence-corrected chi connectivity index (χ1v) is 8.50. The average Bonchev–Trinajstić information content (AvgIpc) is 2.69. The molecule has 1 amide bonds. The second-order valence-electron chi connectivity index (χ2n) is 7.38. The van der Waals surface area contributed by atoms with Gasteiger partial charge in [-0.2, -0.15) is 13.2 Å². The summed E-state index contributed by atoms with van der Waals surface area (Å²) < 4.78 is 43.3. The van der Waals surface area contributed by atoms with E-state index in [-0.39, 0.29) is 25.1 Å². The molecule has 2 N–H and O–H groups in total. The van der Waals surface area contributed by atoms with Gasteiger partial charge in [0.2, 0.25) is 5.91 Å². The molecule has 2 atom stereocenters. The number of rotatable bonds is 4. The van der Waals surface area contributed by atoms with Gasteiger partial charge >= 0.3 is 6.18 Å². The largest absolute Gasteiger partial charge is 0.401 e.